The van der Waals surface area contributed by atoms with Gasteiger partial charge >= 0.3 is 6.01 Å². The van der Waals surface area contributed by atoms with Gasteiger partial charge in [-0.3, -0.25) is 4.79 Å². The Morgan fingerprint density at radius 1 is 1.12 bits per heavy atom. The van der Waals surface area contributed by atoms with Crippen LogP contribution < -0.4 is 4.74 Å². The van der Waals surface area contributed by atoms with Crippen LogP contribution in [0.2, 0.25) is 10.0 Å². The number of rotatable bonds is 5. The summed E-state index contributed by atoms with van der Waals surface area (Å²) >= 11 is 12.0. The molecule has 0 fully saturated rings. The van der Waals surface area contributed by atoms with Crippen molar-refractivity contribution in [3.63, 3.8) is 0 Å². The number of benzene rings is 2. The van der Waals surface area contributed by atoms with Crippen LogP contribution in [0.25, 0.3) is 11.4 Å². The van der Waals surface area contributed by atoms with Crippen LogP contribution in [0, 0.1) is 0 Å². The van der Waals surface area contributed by atoms with E-state index in [1.54, 1.807) is 42.5 Å². The lowest BCUT2D eigenvalue weighted by molar-refractivity contribution is 0.0944. The Morgan fingerprint density at radius 2 is 1.88 bits per heavy atom. The minimum absolute atomic E-state index is 0.152. The quantitative estimate of drug-likeness (QED) is 0.646. The Morgan fingerprint density at radius 3 is 2.56 bits per heavy atom. The maximum absolute atomic E-state index is 12.9. The fourth-order valence-corrected chi connectivity index (χ4v) is 2.53. The largest absolute Gasteiger partial charge is 0.462 e. The van der Waals surface area contributed by atoms with E-state index in [-0.39, 0.29) is 11.9 Å². The average molecular weight is 376 g/mol. The maximum Gasteiger partial charge on any atom is 0.336 e. The first-order valence-electron chi connectivity index (χ1n) is 7.74. The number of aromatic nitrogens is 3. The van der Waals surface area contributed by atoms with E-state index in [4.69, 9.17) is 27.9 Å². The summed E-state index contributed by atoms with van der Waals surface area (Å²) in [6, 6.07) is 13.8. The van der Waals surface area contributed by atoms with Gasteiger partial charge in [-0.2, -0.15) is 9.67 Å². The third-order valence-corrected chi connectivity index (χ3v) is 3.88. The molecule has 0 bridgehead atoms. The fraction of sp³-hybridized carbons (Fsp3) is 0.167. The Kier molecular flexibility index (Phi) is 5.36. The number of hydrogen-bond acceptors (Lipinski definition) is 4. The molecule has 0 aliphatic rings. The van der Waals surface area contributed by atoms with Crippen LogP contribution in [-0.4, -0.2) is 27.3 Å². The van der Waals surface area contributed by atoms with Gasteiger partial charge in [0, 0.05) is 21.2 Å². The van der Waals surface area contributed by atoms with Crippen LogP contribution in [0.4, 0.5) is 0 Å². The SMILES string of the molecule is CCCOc1nc(-c2cccc(Cl)c2)n(C(=O)c2ccc(Cl)cc2)n1. The highest BCUT2D eigenvalue weighted by molar-refractivity contribution is 6.31. The van der Waals surface area contributed by atoms with Gasteiger partial charge in [0.1, 0.15) is 0 Å². The molecule has 3 rings (SSSR count). The van der Waals surface area contributed by atoms with Crippen molar-refractivity contribution >= 4 is 29.1 Å². The zero-order valence-corrected chi connectivity index (χ0v) is 15.0. The monoisotopic (exact) mass is 375 g/mol. The smallest absolute Gasteiger partial charge is 0.336 e. The van der Waals surface area contributed by atoms with Crippen LogP contribution >= 0.6 is 23.2 Å². The molecule has 7 heteroatoms. The number of halogens is 2. The van der Waals surface area contributed by atoms with Gasteiger partial charge in [-0.25, -0.2) is 0 Å². The molecule has 0 N–H and O–H groups in total. The second-order valence-corrected chi connectivity index (χ2v) is 6.17. The molecule has 1 aromatic heterocycles. The molecule has 5 nitrogen and oxygen atoms in total. The van der Waals surface area contributed by atoms with Crippen LogP contribution in [0.1, 0.15) is 23.7 Å². The van der Waals surface area contributed by atoms with E-state index >= 15 is 0 Å². The zero-order chi connectivity index (χ0) is 17.8. The Labute approximate surface area is 155 Å². The van der Waals surface area contributed by atoms with E-state index in [1.165, 1.54) is 4.68 Å². The third kappa shape index (κ3) is 4.00. The van der Waals surface area contributed by atoms with Gasteiger partial charge in [-0.15, -0.1) is 5.10 Å². The second-order valence-electron chi connectivity index (χ2n) is 5.30. The summed E-state index contributed by atoms with van der Waals surface area (Å²) < 4.78 is 6.71. The third-order valence-electron chi connectivity index (χ3n) is 3.39. The van der Waals surface area contributed by atoms with Crippen LogP contribution in [0.15, 0.2) is 48.5 Å². The molecule has 3 aromatic rings. The van der Waals surface area contributed by atoms with Gasteiger partial charge in [0.05, 0.1) is 6.61 Å². The second kappa shape index (κ2) is 7.68. The van der Waals surface area contributed by atoms with E-state index in [1.807, 2.05) is 13.0 Å². The standard InChI is InChI=1S/C18H15Cl2N3O2/c1-2-10-25-18-21-16(13-4-3-5-15(20)11-13)23(22-18)17(24)12-6-8-14(19)9-7-12/h3-9,11H,2,10H2,1H3. The van der Waals surface area contributed by atoms with Crippen molar-refractivity contribution < 1.29 is 9.53 Å². The molecular formula is C18H15Cl2N3O2. The number of carbonyl (C=O) groups excluding carboxylic acids is 1. The van der Waals surface area contributed by atoms with Gasteiger partial charge in [-0.1, -0.05) is 42.3 Å². The predicted octanol–water partition coefficient (Wildman–Crippen LogP) is 4.73. The van der Waals surface area contributed by atoms with Crippen molar-refractivity contribution in [1.82, 2.24) is 14.8 Å². The summed E-state index contributed by atoms with van der Waals surface area (Å²) in [5.41, 5.74) is 1.12. The molecule has 0 spiro atoms. The minimum atomic E-state index is -0.328. The zero-order valence-electron chi connectivity index (χ0n) is 13.4. The molecule has 0 radical (unpaired) electrons. The molecule has 25 heavy (non-hydrogen) atoms. The highest BCUT2D eigenvalue weighted by atomic mass is 35.5. The molecular weight excluding hydrogens is 361 g/mol. The number of ether oxygens (including phenoxy) is 1. The lowest BCUT2D eigenvalue weighted by atomic mass is 10.2. The molecule has 128 valence electrons. The van der Waals surface area contributed by atoms with E-state index in [0.717, 1.165) is 6.42 Å². The van der Waals surface area contributed by atoms with Crippen molar-refractivity contribution in [3.05, 3.63) is 64.1 Å². The Bertz CT molecular complexity index is 892. The topological polar surface area (TPSA) is 57.0 Å². The van der Waals surface area contributed by atoms with Gasteiger partial charge in [0.25, 0.3) is 5.91 Å². The van der Waals surface area contributed by atoms with Gasteiger partial charge in [-0.05, 0) is 42.8 Å². The molecule has 0 aliphatic heterocycles. The van der Waals surface area contributed by atoms with Crippen molar-refractivity contribution in [2.24, 2.45) is 0 Å². The molecule has 0 unspecified atom stereocenters. The average Bonchev–Trinajstić information content (AvgIpc) is 3.04. The minimum Gasteiger partial charge on any atom is -0.462 e. The Balaban J connectivity index is 2.05. The summed E-state index contributed by atoms with van der Waals surface area (Å²) in [6.07, 6.45) is 0.812. The molecule has 0 amide bonds. The normalized spacial score (nSPS) is 10.7. The van der Waals surface area contributed by atoms with Gasteiger partial charge in [0.2, 0.25) is 0 Å². The summed E-state index contributed by atoms with van der Waals surface area (Å²) in [6.45, 7) is 2.45. The van der Waals surface area contributed by atoms with Gasteiger partial charge in [0.15, 0.2) is 5.82 Å². The van der Waals surface area contributed by atoms with Crippen molar-refractivity contribution in [1.29, 1.82) is 0 Å². The molecule has 0 atom stereocenters. The molecule has 0 saturated heterocycles. The molecule has 0 aliphatic carbocycles. The predicted molar refractivity (Wildman–Crippen MR) is 97.4 cm³/mol. The van der Waals surface area contributed by atoms with Crippen molar-refractivity contribution in [3.8, 4) is 17.4 Å². The van der Waals surface area contributed by atoms with Crippen LogP contribution in [0.5, 0.6) is 6.01 Å². The van der Waals surface area contributed by atoms with Crippen molar-refractivity contribution in [2.45, 2.75) is 13.3 Å². The van der Waals surface area contributed by atoms with Crippen LogP contribution in [-0.2, 0) is 0 Å². The molecule has 1 heterocycles. The summed E-state index contributed by atoms with van der Waals surface area (Å²) in [4.78, 5) is 17.2. The number of hydrogen-bond donors (Lipinski definition) is 0. The molecule has 2 aromatic carbocycles. The maximum atomic E-state index is 12.9. The van der Waals surface area contributed by atoms with E-state index < -0.39 is 0 Å². The fourth-order valence-electron chi connectivity index (χ4n) is 2.22. The number of carbonyl (C=O) groups is 1. The lowest BCUT2D eigenvalue weighted by Crippen LogP contribution is -2.15. The van der Waals surface area contributed by atoms with E-state index in [0.29, 0.717) is 33.6 Å². The Hall–Kier alpha value is -2.37. The van der Waals surface area contributed by atoms with E-state index in [2.05, 4.69) is 10.1 Å². The lowest BCUT2D eigenvalue weighted by Gasteiger charge is -2.05. The summed E-state index contributed by atoms with van der Waals surface area (Å²) in [7, 11) is 0. The summed E-state index contributed by atoms with van der Waals surface area (Å²) in [5, 5.41) is 5.31. The first kappa shape index (κ1) is 17.5. The summed E-state index contributed by atoms with van der Waals surface area (Å²) in [5.74, 6) is 0.0408. The molecule has 0 saturated carbocycles. The number of nitrogens with zero attached hydrogens (tertiary/aromatic N) is 3. The van der Waals surface area contributed by atoms with Gasteiger partial charge < -0.3 is 4.74 Å². The highest BCUT2D eigenvalue weighted by Crippen LogP contribution is 2.24. The first-order chi connectivity index (χ1) is 12.1. The highest BCUT2D eigenvalue weighted by Gasteiger charge is 2.20. The van der Waals surface area contributed by atoms with Crippen molar-refractivity contribution in [2.75, 3.05) is 6.61 Å². The van der Waals surface area contributed by atoms with Crippen LogP contribution in [0.3, 0.4) is 0 Å². The van der Waals surface area contributed by atoms with E-state index in [9.17, 15) is 4.79 Å². The first-order valence-corrected chi connectivity index (χ1v) is 8.50.